The van der Waals surface area contributed by atoms with Gasteiger partial charge in [0.15, 0.2) is 0 Å². The molecule has 2 aromatic carbocycles. The van der Waals surface area contributed by atoms with Crippen LogP contribution < -0.4 is 16.0 Å². The standard InChI is InChI=1S/C27H32N4O4/c1-16(2)24(25(32)30-34)31-12-11-27(28,26(31)33)20-6-8-21(9-7-20)35-15-19-14-18(4)29-23-10-5-17(3)13-22(19)23/h5-10,13-14,16,24,34H,11-12,15,28H2,1-4H3,(H,30,32). The number of pyridine rings is 1. The minimum atomic E-state index is -1.24. The monoisotopic (exact) mass is 476 g/mol. The molecule has 35 heavy (non-hydrogen) atoms. The molecule has 1 aromatic heterocycles. The van der Waals surface area contributed by atoms with Gasteiger partial charge in [-0.05, 0) is 62.1 Å². The Balaban J connectivity index is 1.51. The molecule has 1 aliphatic rings. The summed E-state index contributed by atoms with van der Waals surface area (Å²) in [6, 6.07) is 14.6. The highest BCUT2D eigenvalue weighted by Crippen LogP contribution is 2.34. The SMILES string of the molecule is Cc1ccc2nc(C)cc(COc3ccc(C4(N)CCN(C(C(=O)NO)C(C)C)C4=O)cc3)c2c1. The van der Waals surface area contributed by atoms with Crippen molar-refractivity contribution in [2.75, 3.05) is 6.54 Å². The van der Waals surface area contributed by atoms with Crippen LogP contribution in [0.2, 0.25) is 0 Å². The molecule has 0 saturated carbocycles. The van der Waals surface area contributed by atoms with E-state index >= 15 is 0 Å². The van der Waals surface area contributed by atoms with E-state index in [4.69, 9.17) is 15.7 Å². The predicted molar refractivity (Wildman–Crippen MR) is 133 cm³/mol. The van der Waals surface area contributed by atoms with Crippen molar-refractivity contribution in [2.45, 2.75) is 52.3 Å². The number of aryl methyl sites for hydroxylation is 2. The van der Waals surface area contributed by atoms with E-state index in [1.807, 2.05) is 51.1 Å². The second-order valence-electron chi connectivity index (χ2n) is 9.64. The Labute approximate surface area is 205 Å². The van der Waals surface area contributed by atoms with Gasteiger partial charge in [-0.1, -0.05) is 37.6 Å². The third kappa shape index (κ3) is 4.72. The zero-order chi connectivity index (χ0) is 25.3. The van der Waals surface area contributed by atoms with E-state index in [1.165, 1.54) is 4.90 Å². The second-order valence-corrected chi connectivity index (χ2v) is 9.64. The number of carbonyl (C=O) groups is 2. The fraction of sp³-hybridized carbons (Fsp3) is 0.370. The number of nitrogens with zero attached hydrogens (tertiary/aromatic N) is 2. The zero-order valence-corrected chi connectivity index (χ0v) is 20.5. The van der Waals surface area contributed by atoms with Gasteiger partial charge in [-0.15, -0.1) is 0 Å². The van der Waals surface area contributed by atoms with Gasteiger partial charge in [-0.2, -0.15) is 0 Å². The number of hydrogen-bond donors (Lipinski definition) is 3. The summed E-state index contributed by atoms with van der Waals surface area (Å²) in [5, 5.41) is 10.2. The van der Waals surface area contributed by atoms with Gasteiger partial charge in [0.1, 0.15) is 23.9 Å². The van der Waals surface area contributed by atoms with Crippen LogP contribution in [-0.4, -0.2) is 39.5 Å². The molecule has 184 valence electrons. The highest BCUT2D eigenvalue weighted by molar-refractivity contribution is 5.94. The highest BCUT2D eigenvalue weighted by atomic mass is 16.5. The van der Waals surface area contributed by atoms with Gasteiger partial charge < -0.3 is 15.4 Å². The van der Waals surface area contributed by atoms with Crippen LogP contribution in [-0.2, 0) is 21.7 Å². The first kappa shape index (κ1) is 24.6. The second kappa shape index (κ2) is 9.64. The number of fused-ring (bicyclic) bond motifs is 1. The van der Waals surface area contributed by atoms with Crippen LogP contribution in [0.1, 0.15) is 42.7 Å². The molecule has 0 radical (unpaired) electrons. The number of hydrogen-bond acceptors (Lipinski definition) is 6. The third-order valence-electron chi connectivity index (χ3n) is 6.68. The average Bonchev–Trinajstić information content (AvgIpc) is 3.13. The Bertz CT molecular complexity index is 1260. The third-order valence-corrected chi connectivity index (χ3v) is 6.68. The molecule has 0 aliphatic carbocycles. The predicted octanol–water partition coefficient (Wildman–Crippen LogP) is 3.35. The molecule has 2 heterocycles. The van der Waals surface area contributed by atoms with Gasteiger partial charge in [-0.25, -0.2) is 5.48 Å². The number of nitrogens with one attached hydrogen (secondary N) is 1. The molecule has 3 aromatic rings. The molecule has 0 bridgehead atoms. The molecular weight excluding hydrogens is 444 g/mol. The molecule has 4 rings (SSSR count). The molecule has 2 amide bonds. The summed E-state index contributed by atoms with van der Waals surface area (Å²) in [5.41, 5.74) is 11.7. The first-order valence-corrected chi connectivity index (χ1v) is 11.8. The summed E-state index contributed by atoms with van der Waals surface area (Å²) < 4.78 is 6.06. The number of amides is 2. The van der Waals surface area contributed by atoms with Gasteiger partial charge in [0.05, 0.1) is 5.52 Å². The summed E-state index contributed by atoms with van der Waals surface area (Å²) in [7, 11) is 0. The Kier molecular flexibility index (Phi) is 6.78. The summed E-state index contributed by atoms with van der Waals surface area (Å²) >= 11 is 0. The van der Waals surface area contributed by atoms with Gasteiger partial charge in [0.2, 0.25) is 5.91 Å². The van der Waals surface area contributed by atoms with E-state index in [2.05, 4.69) is 18.0 Å². The van der Waals surface area contributed by atoms with E-state index < -0.39 is 17.5 Å². The van der Waals surface area contributed by atoms with E-state index in [1.54, 1.807) is 17.6 Å². The van der Waals surface area contributed by atoms with Crippen molar-refractivity contribution in [1.82, 2.24) is 15.4 Å². The van der Waals surface area contributed by atoms with Crippen molar-refractivity contribution < 1.29 is 19.5 Å². The Hall–Kier alpha value is -3.49. The Morgan fingerprint density at radius 1 is 1.20 bits per heavy atom. The topological polar surface area (TPSA) is 118 Å². The van der Waals surface area contributed by atoms with E-state index in [0.29, 0.717) is 30.9 Å². The van der Waals surface area contributed by atoms with Crippen molar-refractivity contribution in [2.24, 2.45) is 11.7 Å². The van der Waals surface area contributed by atoms with E-state index in [9.17, 15) is 9.59 Å². The van der Waals surface area contributed by atoms with Crippen molar-refractivity contribution >= 4 is 22.7 Å². The van der Waals surface area contributed by atoms with Gasteiger partial charge in [0, 0.05) is 23.2 Å². The lowest BCUT2D eigenvalue weighted by Gasteiger charge is -2.31. The number of hydroxylamine groups is 1. The lowest BCUT2D eigenvalue weighted by Crippen LogP contribution is -2.53. The van der Waals surface area contributed by atoms with Crippen LogP contribution in [0.5, 0.6) is 5.75 Å². The van der Waals surface area contributed by atoms with Crippen LogP contribution in [0.15, 0.2) is 48.5 Å². The van der Waals surface area contributed by atoms with E-state index in [0.717, 1.165) is 27.7 Å². The van der Waals surface area contributed by atoms with Gasteiger partial charge >= 0.3 is 0 Å². The smallest absolute Gasteiger partial charge is 0.266 e. The molecule has 8 heteroatoms. The number of benzene rings is 2. The molecule has 4 N–H and O–H groups in total. The van der Waals surface area contributed by atoms with Crippen molar-refractivity contribution in [3.8, 4) is 5.75 Å². The maximum Gasteiger partial charge on any atom is 0.266 e. The Morgan fingerprint density at radius 2 is 1.91 bits per heavy atom. The first-order valence-electron chi connectivity index (χ1n) is 11.8. The van der Waals surface area contributed by atoms with Crippen molar-refractivity contribution in [3.05, 3.63) is 70.9 Å². The summed E-state index contributed by atoms with van der Waals surface area (Å²) in [6.07, 6.45) is 0.371. The maximum atomic E-state index is 13.3. The molecule has 1 saturated heterocycles. The van der Waals surface area contributed by atoms with Gasteiger partial charge in [-0.3, -0.25) is 19.8 Å². The fourth-order valence-corrected chi connectivity index (χ4v) is 4.85. The van der Waals surface area contributed by atoms with Crippen LogP contribution in [0.4, 0.5) is 0 Å². The first-order chi connectivity index (χ1) is 16.6. The zero-order valence-electron chi connectivity index (χ0n) is 20.5. The number of ether oxygens (including phenoxy) is 1. The molecule has 2 unspecified atom stereocenters. The molecule has 2 atom stereocenters. The molecule has 1 aliphatic heterocycles. The number of rotatable bonds is 7. The van der Waals surface area contributed by atoms with Crippen molar-refractivity contribution in [1.29, 1.82) is 0 Å². The summed E-state index contributed by atoms with van der Waals surface area (Å²) in [6.45, 7) is 8.38. The van der Waals surface area contributed by atoms with E-state index in [-0.39, 0.29) is 11.8 Å². The fourth-order valence-electron chi connectivity index (χ4n) is 4.85. The Morgan fingerprint density at radius 3 is 2.57 bits per heavy atom. The largest absolute Gasteiger partial charge is 0.489 e. The number of nitrogens with two attached hydrogens (primary N) is 1. The van der Waals surface area contributed by atoms with Crippen molar-refractivity contribution in [3.63, 3.8) is 0 Å². The van der Waals surface area contributed by atoms with Crippen LogP contribution in [0.25, 0.3) is 10.9 Å². The molecule has 0 spiro atoms. The lowest BCUT2D eigenvalue weighted by molar-refractivity contribution is -0.145. The van der Waals surface area contributed by atoms with Crippen LogP contribution in [0.3, 0.4) is 0 Å². The molecule has 1 fully saturated rings. The van der Waals surface area contributed by atoms with Crippen LogP contribution in [0, 0.1) is 19.8 Å². The average molecular weight is 477 g/mol. The highest BCUT2D eigenvalue weighted by Gasteiger charge is 2.49. The number of likely N-dealkylation sites (tertiary alicyclic amines) is 1. The van der Waals surface area contributed by atoms with Gasteiger partial charge in [0.25, 0.3) is 5.91 Å². The quantitative estimate of drug-likeness (QED) is 0.356. The molecular formula is C27H32N4O4. The number of aromatic nitrogens is 1. The summed E-state index contributed by atoms with van der Waals surface area (Å²) in [4.78, 5) is 31.5. The summed E-state index contributed by atoms with van der Waals surface area (Å²) in [5.74, 6) is -0.464. The lowest BCUT2D eigenvalue weighted by atomic mass is 9.89. The number of carbonyl (C=O) groups excluding carboxylic acids is 2. The minimum absolute atomic E-state index is 0.180. The minimum Gasteiger partial charge on any atom is -0.489 e. The normalized spacial score (nSPS) is 18.8. The maximum absolute atomic E-state index is 13.3. The molecule has 8 nitrogen and oxygen atoms in total. The van der Waals surface area contributed by atoms with Crippen LogP contribution >= 0.6 is 0 Å².